The van der Waals surface area contributed by atoms with E-state index in [2.05, 4.69) is 6.92 Å². The van der Waals surface area contributed by atoms with E-state index < -0.39 is 28.8 Å². The molecule has 2 atom stereocenters. The molecule has 1 saturated heterocycles. The first kappa shape index (κ1) is 23.2. The van der Waals surface area contributed by atoms with Gasteiger partial charge in [-0.3, -0.25) is 4.79 Å². The number of benzene rings is 1. The van der Waals surface area contributed by atoms with E-state index in [4.69, 9.17) is 14.2 Å². The van der Waals surface area contributed by atoms with Crippen molar-refractivity contribution in [2.45, 2.75) is 84.2 Å². The van der Waals surface area contributed by atoms with Crippen LogP contribution in [-0.4, -0.2) is 47.2 Å². The van der Waals surface area contributed by atoms with Gasteiger partial charge in [0.15, 0.2) is 0 Å². The predicted molar refractivity (Wildman–Crippen MR) is 112 cm³/mol. The van der Waals surface area contributed by atoms with Gasteiger partial charge in [-0.2, -0.15) is 0 Å². The van der Waals surface area contributed by atoms with Gasteiger partial charge >= 0.3 is 5.97 Å². The molecule has 0 aliphatic carbocycles. The number of carbonyl (C=O) groups excluding carboxylic acids is 2. The van der Waals surface area contributed by atoms with Crippen LogP contribution in [0.3, 0.4) is 0 Å². The van der Waals surface area contributed by atoms with Crippen LogP contribution in [0, 0.1) is 0 Å². The zero-order valence-corrected chi connectivity index (χ0v) is 19.0. The maximum atomic E-state index is 13.4. The Morgan fingerprint density at radius 2 is 1.66 bits per heavy atom. The number of amides is 1. The lowest BCUT2D eigenvalue weighted by Crippen LogP contribution is -2.75. The van der Waals surface area contributed by atoms with E-state index in [-0.39, 0.29) is 5.91 Å². The second-order valence-corrected chi connectivity index (χ2v) is 9.48. The van der Waals surface area contributed by atoms with Crippen molar-refractivity contribution < 1.29 is 23.8 Å². The van der Waals surface area contributed by atoms with E-state index in [1.165, 1.54) is 0 Å². The fourth-order valence-corrected chi connectivity index (χ4v) is 3.54. The zero-order valence-electron chi connectivity index (χ0n) is 19.0. The Morgan fingerprint density at radius 3 is 2.10 bits per heavy atom. The number of carbonyl (C=O) groups is 2. The minimum absolute atomic E-state index is 0.337. The van der Waals surface area contributed by atoms with Gasteiger partial charge in [0.25, 0.3) is 11.5 Å². The molecule has 6 nitrogen and oxygen atoms in total. The van der Waals surface area contributed by atoms with Crippen LogP contribution < -0.4 is 4.74 Å². The first-order valence-corrected chi connectivity index (χ1v) is 10.2. The molecule has 6 heteroatoms. The fraction of sp³-hybridized carbons (Fsp3) is 0.652. The van der Waals surface area contributed by atoms with Crippen LogP contribution in [0.4, 0.5) is 0 Å². The summed E-state index contributed by atoms with van der Waals surface area (Å²) in [7, 11) is 1.60. The highest BCUT2D eigenvalue weighted by Crippen LogP contribution is 2.49. The molecule has 1 aliphatic heterocycles. The van der Waals surface area contributed by atoms with Gasteiger partial charge in [-0.15, -0.1) is 0 Å². The summed E-state index contributed by atoms with van der Waals surface area (Å²) in [6.45, 7) is 13.5. The molecule has 0 bridgehead atoms. The lowest BCUT2D eigenvalue weighted by molar-refractivity contribution is -0.244. The van der Waals surface area contributed by atoms with E-state index in [9.17, 15) is 9.59 Å². The van der Waals surface area contributed by atoms with Crippen molar-refractivity contribution in [1.82, 2.24) is 4.90 Å². The van der Waals surface area contributed by atoms with Crippen LogP contribution >= 0.6 is 0 Å². The number of likely N-dealkylation sites (tertiary alicyclic amines) is 1. The summed E-state index contributed by atoms with van der Waals surface area (Å²) < 4.78 is 17.1. The lowest BCUT2D eigenvalue weighted by Gasteiger charge is -2.55. The average Bonchev–Trinajstić information content (AvgIpc) is 2.61. The molecule has 29 heavy (non-hydrogen) atoms. The van der Waals surface area contributed by atoms with Crippen molar-refractivity contribution in [3.05, 3.63) is 29.8 Å². The molecule has 1 fully saturated rings. The van der Waals surface area contributed by atoms with Gasteiger partial charge in [-0.25, -0.2) is 4.79 Å². The summed E-state index contributed by atoms with van der Waals surface area (Å²) >= 11 is 0. The second kappa shape index (κ2) is 8.34. The minimum Gasteiger partial charge on any atom is -0.497 e. The lowest BCUT2D eigenvalue weighted by atomic mass is 9.76. The molecule has 1 aromatic carbocycles. The third kappa shape index (κ3) is 4.92. The molecule has 162 valence electrons. The highest BCUT2D eigenvalue weighted by atomic mass is 16.6. The monoisotopic (exact) mass is 405 g/mol. The van der Waals surface area contributed by atoms with Crippen molar-refractivity contribution in [1.29, 1.82) is 0 Å². The van der Waals surface area contributed by atoms with Gasteiger partial charge in [0.1, 0.15) is 17.4 Å². The number of methoxy groups -OCH3 is 1. The molecular formula is C23H35NO5. The Labute approximate surface area is 174 Å². The van der Waals surface area contributed by atoms with Crippen molar-refractivity contribution >= 4 is 11.9 Å². The standard InChI is InChI=1S/C23H35NO5/c1-9-10-15-24-18(16-11-13-17(27-8)14-12-16)23(19(24)25,29-22(5,6)7)20(26)28-21(2,3)4/h11-14,18H,9-10,15H2,1-8H3/t18-,23-/m0/s1. The Kier molecular flexibility index (Phi) is 6.68. The third-order valence-electron chi connectivity index (χ3n) is 4.63. The van der Waals surface area contributed by atoms with Crippen LogP contribution in [-0.2, 0) is 19.1 Å². The van der Waals surface area contributed by atoms with Crippen molar-refractivity contribution in [2.75, 3.05) is 13.7 Å². The molecule has 0 radical (unpaired) electrons. The summed E-state index contributed by atoms with van der Waals surface area (Å²) in [5.41, 5.74) is -2.33. The highest BCUT2D eigenvalue weighted by molar-refractivity contribution is 6.12. The van der Waals surface area contributed by atoms with Crippen LogP contribution in [0.25, 0.3) is 0 Å². The van der Waals surface area contributed by atoms with Crippen molar-refractivity contribution in [3.63, 3.8) is 0 Å². The van der Waals surface area contributed by atoms with Crippen LogP contribution in [0.1, 0.15) is 72.9 Å². The normalized spacial score (nSPS) is 22.3. The Balaban J connectivity index is 2.56. The van der Waals surface area contributed by atoms with E-state index in [1.54, 1.807) is 32.8 Å². The third-order valence-corrected chi connectivity index (χ3v) is 4.63. The fourth-order valence-electron chi connectivity index (χ4n) is 3.54. The molecule has 0 spiro atoms. The second-order valence-electron chi connectivity index (χ2n) is 9.48. The van der Waals surface area contributed by atoms with Gasteiger partial charge < -0.3 is 19.1 Å². The number of ether oxygens (including phenoxy) is 3. The zero-order chi connectivity index (χ0) is 22.0. The van der Waals surface area contributed by atoms with Gasteiger partial charge in [0.2, 0.25) is 0 Å². The Bertz CT molecular complexity index is 729. The number of unbranched alkanes of at least 4 members (excludes halogenated alkanes) is 1. The molecule has 0 unspecified atom stereocenters. The van der Waals surface area contributed by atoms with Crippen LogP contribution in [0.2, 0.25) is 0 Å². The summed E-state index contributed by atoms with van der Waals surface area (Å²) in [6, 6.07) is 6.85. The Morgan fingerprint density at radius 1 is 1.07 bits per heavy atom. The highest BCUT2D eigenvalue weighted by Gasteiger charge is 2.70. The SMILES string of the molecule is CCCCN1C(=O)[C@](OC(C)(C)C)(C(=O)OC(C)(C)C)[C@@H]1c1ccc(OC)cc1. The van der Waals surface area contributed by atoms with Crippen LogP contribution in [0.15, 0.2) is 24.3 Å². The molecule has 0 aromatic heterocycles. The maximum absolute atomic E-state index is 13.4. The molecule has 2 rings (SSSR count). The summed E-state index contributed by atoms with van der Waals surface area (Å²) in [6.07, 6.45) is 1.79. The van der Waals surface area contributed by atoms with E-state index in [1.807, 2.05) is 45.0 Å². The largest absolute Gasteiger partial charge is 0.497 e. The first-order chi connectivity index (χ1) is 13.4. The molecule has 0 N–H and O–H groups in total. The minimum atomic E-state index is -1.70. The molecule has 1 amide bonds. The van der Waals surface area contributed by atoms with Crippen molar-refractivity contribution in [2.24, 2.45) is 0 Å². The van der Waals surface area contributed by atoms with E-state index >= 15 is 0 Å². The van der Waals surface area contributed by atoms with E-state index in [0.29, 0.717) is 12.3 Å². The number of esters is 1. The number of rotatable bonds is 7. The van der Waals surface area contributed by atoms with Gasteiger partial charge in [-0.05, 0) is 65.7 Å². The smallest absolute Gasteiger partial charge is 0.351 e. The van der Waals surface area contributed by atoms with Gasteiger partial charge in [-0.1, -0.05) is 25.5 Å². The van der Waals surface area contributed by atoms with Gasteiger partial charge in [0.05, 0.1) is 12.7 Å². The molecule has 1 aromatic rings. The first-order valence-electron chi connectivity index (χ1n) is 10.2. The quantitative estimate of drug-likeness (QED) is 0.385. The number of hydrogen-bond donors (Lipinski definition) is 0. The molecule has 0 saturated carbocycles. The van der Waals surface area contributed by atoms with Crippen LogP contribution in [0.5, 0.6) is 5.75 Å². The number of hydrogen-bond acceptors (Lipinski definition) is 5. The maximum Gasteiger partial charge on any atom is 0.351 e. The Hall–Kier alpha value is -2.08. The van der Waals surface area contributed by atoms with E-state index in [0.717, 1.165) is 18.4 Å². The van der Waals surface area contributed by atoms with Gasteiger partial charge in [0, 0.05) is 6.54 Å². The molecule has 1 heterocycles. The molecule has 1 aliphatic rings. The summed E-state index contributed by atoms with van der Waals surface area (Å²) in [5.74, 6) is -0.270. The average molecular weight is 406 g/mol. The number of nitrogens with zero attached hydrogens (tertiary/aromatic N) is 1. The van der Waals surface area contributed by atoms with Crippen molar-refractivity contribution in [3.8, 4) is 5.75 Å². The summed E-state index contributed by atoms with van der Waals surface area (Å²) in [4.78, 5) is 28.5. The number of β-lactam (4-membered cyclic amide) rings is 1. The predicted octanol–water partition coefficient (Wildman–Crippen LogP) is 4.27. The summed E-state index contributed by atoms with van der Waals surface area (Å²) in [5, 5.41) is 0. The molecular weight excluding hydrogens is 370 g/mol. The topological polar surface area (TPSA) is 65.1 Å².